The molecule has 1 aromatic carbocycles. The lowest BCUT2D eigenvalue weighted by Gasteiger charge is -2.07. The number of Topliss-reactive ketones (excluding diaryl/α,β-unsaturated/α-hetero) is 1. The van der Waals surface area contributed by atoms with Crippen molar-refractivity contribution in [2.75, 3.05) is 0 Å². The van der Waals surface area contributed by atoms with Crippen molar-refractivity contribution in [1.29, 1.82) is 0 Å². The minimum atomic E-state index is -0.620. The highest BCUT2D eigenvalue weighted by molar-refractivity contribution is 6.08. The number of hydrogen-bond donors (Lipinski definition) is 1. The Balaban J connectivity index is 2.49. The number of aliphatic hydroxyl groups excluding tert-OH is 1. The highest BCUT2D eigenvalue weighted by Crippen LogP contribution is 2.31. The first kappa shape index (κ1) is 9.16. The number of carbonyl (C=O) groups is 1. The van der Waals surface area contributed by atoms with Crippen LogP contribution < -0.4 is 0 Å². The summed E-state index contributed by atoms with van der Waals surface area (Å²) >= 11 is 0. The third kappa shape index (κ3) is 1.38. The lowest BCUT2D eigenvalue weighted by atomic mass is 10.0. The Kier molecular flexibility index (Phi) is 2.22. The summed E-state index contributed by atoms with van der Waals surface area (Å²) in [4.78, 5) is 11.4. The molecule has 1 atom stereocenters. The lowest BCUT2D eigenvalue weighted by molar-refractivity contribution is -0.115. The van der Waals surface area contributed by atoms with E-state index in [1.165, 1.54) is 0 Å². The molecule has 1 aromatic rings. The molecule has 14 heavy (non-hydrogen) atoms. The average molecular weight is 188 g/mol. The Morgan fingerprint density at radius 1 is 1.29 bits per heavy atom. The van der Waals surface area contributed by atoms with E-state index in [-0.39, 0.29) is 12.2 Å². The molecule has 2 rings (SSSR count). The van der Waals surface area contributed by atoms with Gasteiger partial charge in [-0.2, -0.15) is 0 Å². The molecular weight excluding hydrogens is 176 g/mol. The molecule has 0 saturated carbocycles. The predicted molar refractivity (Wildman–Crippen MR) is 54.7 cm³/mol. The lowest BCUT2D eigenvalue weighted by Crippen LogP contribution is -2.05. The maximum Gasteiger partial charge on any atom is 0.161 e. The second kappa shape index (κ2) is 3.39. The van der Waals surface area contributed by atoms with Gasteiger partial charge in [0.1, 0.15) is 0 Å². The van der Waals surface area contributed by atoms with Crippen LogP contribution in [0.3, 0.4) is 0 Å². The molecule has 1 unspecified atom stereocenters. The molecule has 0 heterocycles. The molecule has 0 aromatic heterocycles. The largest absolute Gasteiger partial charge is 0.388 e. The van der Waals surface area contributed by atoms with Gasteiger partial charge in [0.15, 0.2) is 5.78 Å². The first-order chi connectivity index (χ1) is 6.70. The summed E-state index contributed by atoms with van der Waals surface area (Å²) in [6.07, 6.45) is -0.388. The van der Waals surface area contributed by atoms with E-state index in [9.17, 15) is 9.90 Å². The van der Waals surface area contributed by atoms with E-state index >= 15 is 0 Å². The third-order valence-electron chi connectivity index (χ3n) is 2.62. The van der Waals surface area contributed by atoms with Crippen LogP contribution in [0.25, 0.3) is 5.57 Å². The van der Waals surface area contributed by atoms with Gasteiger partial charge in [-0.1, -0.05) is 30.3 Å². The fraction of sp³-hybridized carbons (Fsp3) is 0.250. The molecule has 2 heteroatoms. The Morgan fingerprint density at radius 3 is 2.43 bits per heavy atom. The van der Waals surface area contributed by atoms with Gasteiger partial charge in [0.25, 0.3) is 0 Å². The fourth-order valence-corrected chi connectivity index (χ4v) is 1.86. The molecular formula is C12H12O2. The monoisotopic (exact) mass is 188 g/mol. The van der Waals surface area contributed by atoms with Gasteiger partial charge in [-0.3, -0.25) is 4.79 Å². The fourth-order valence-electron chi connectivity index (χ4n) is 1.86. The second-order valence-corrected chi connectivity index (χ2v) is 3.55. The second-order valence-electron chi connectivity index (χ2n) is 3.55. The summed E-state index contributed by atoms with van der Waals surface area (Å²) in [6.45, 7) is 1.78. The standard InChI is InChI=1S/C12H12O2/c1-8-10(13)7-11(14)12(8)9-5-3-2-4-6-9/h2-6,11,14H,7H2,1H3. The van der Waals surface area contributed by atoms with E-state index in [1.54, 1.807) is 6.92 Å². The van der Waals surface area contributed by atoms with Gasteiger partial charge >= 0.3 is 0 Å². The summed E-state index contributed by atoms with van der Waals surface area (Å²) in [5, 5.41) is 9.70. The highest BCUT2D eigenvalue weighted by atomic mass is 16.3. The number of aliphatic hydroxyl groups is 1. The Morgan fingerprint density at radius 2 is 1.93 bits per heavy atom. The van der Waals surface area contributed by atoms with Crippen molar-refractivity contribution in [2.45, 2.75) is 19.4 Å². The van der Waals surface area contributed by atoms with E-state index in [0.29, 0.717) is 5.57 Å². The van der Waals surface area contributed by atoms with Crippen molar-refractivity contribution in [1.82, 2.24) is 0 Å². The molecule has 2 nitrogen and oxygen atoms in total. The summed E-state index contributed by atoms with van der Waals surface area (Å²) in [5.74, 6) is 0.0522. The molecule has 1 aliphatic rings. The topological polar surface area (TPSA) is 37.3 Å². The Hall–Kier alpha value is -1.41. The van der Waals surface area contributed by atoms with Gasteiger partial charge in [0.2, 0.25) is 0 Å². The molecule has 0 spiro atoms. The van der Waals surface area contributed by atoms with Crippen LogP contribution in [0.2, 0.25) is 0 Å². The summed E-state index contributed by atoms with van der Waals surface area (Å²) < 4.78 is 0. The van der Waals surface area contributed by atoms with Gasteiger partial charge in [-0.15, -0.1) is 0 Å². The van der Waals surface area contributed by atoms with Crippen LogP contribution in [0.15, 0.2) is 35.9 Å². The van der Waals surface area contributed by atoms with Crippen LogP contribution in [-0.2, 0) is 4.79 Å². The number of rotatable bonds is 1. The average Bonchev–Trinajstić information content (AvgIpc) is 2.43. The maximum atomic E-state index is 11.4. The van der Waals surface area contributed by atoms with E-state index < -0.39 is 6.10 Å². The summed E-state index contributed by atoms with van der Waals surface area (Å²) in [5.41, 5.74) is 2.43. The van der Waals surface area contributed by atoms with E-state index in [2.05, 4.69) is 0 Å². The van der Waals surface area contributed by atoms with Crippen molar-refractivity contribution in [2.24, 2.45) is 0 Å². The maximum absolute atomic E-state index is 11.4. The first-order valence-corrected chi connectivity index (χ1v) is 4.67. The number of hydrogen-bond acceptors (Lipinski definition) is 2. The first-order valence-electron chi connectivity index (χ1n) is 4.67. The molecule has 1 aliphatic carbocycles. The number of carbonyl (C=O) groups excluding carboxylic acids is 1. The van der Waals surface area contributed by atoms with Crippen LogP contribution in [0, 0.1) is 0 Å². The van der Waals surface area contributed by atoms with Crippen molar-refractivity contribution in [3.8, 4) is 0 Å². The van der Waals surface area contributed by atoms with Crippen LogP contribution in [0.4, 0.5) is 0 Å². The number of ketones is 1. The zero-order valence-corrected chi connectivity index (χ0v) is 8.03. The predicted octanol–water partition coefficient (Wildman–Crippen LogP) is 1.79. The van der Waals surface area contributed by atoms with Gasteiger partial charge < -0.3 is 5.11 Å². The molecule has 0 bridgehead atoms. The van der Waals surface area contributed by atoms with E-state index in [1.807, 2.05) is 30.3 Å². The van der Waals surface area contributed by atoms with Crippen LogP contribution in [-0.4, -0.2) is 17.0 Å². The third-order valence-corrected chi connectivity index (χ3v) is 2.62. The number of benzene rings is 1. The number of allylic oxidation sites excluding steroid dienone is 1. The van der Waals surface area contributed by atoms with Crippen LogP contribution in [0.1, 0.15) is 18.9 Å². The van der Waals surface area contributed by atoms with Crippen molar-refractivity contribution >= 4 is 11.4 Å². The smallest absolute Gasteiger partial charge is 0.161 e. The molecule has 72 valence electrons. The van der Waals surface area contributed by atoms with Crippen molar-refractivity contribution in [3.05, 3.63) is 41.5 Å². The molecule has 1 N–H and O–H groups in total. The van der Waals surface area contributed by atoms with E-state index in [0.717, 1.165) is 11.1 Å². The zero-order valence-electron chi connectivity index (χ0n) is 8.03. The molecule has 0 saturated heterocycles. The highest BCUT2D eigenvalue weighted by Gasteiger charge is 2.28. The zero-order chi connectivity index (χ0) is 10.1. The van der Waals surface area contributed by atoms with Gasteiger partial charge in [0.05, 0.1) is 6.10 Å². The van der Waals surface area contributed by atoms with Crippen molar-refractivity contribution < 1.29 is 9.90 Å². The quantitative estimate of drug-likeness (QED) is 0.729. The molecule has 0 amide bonds. The summed E-state index contributed by atoms with van der Waals surface area (Å²) in [7, 11) is 0. The molecule has 0 radical (unpaired) electrons. The Bertz CT molecular complexity index is 390. The SMILES string of the molecule is CC1=C(c2ccccc2)C(O)CC1=O. The summed E-state index contributed by atoms with van der Waals surface area (Å²) in [6, 6.07) is 9.57. The van der Waals surface area contributed by atoms with Gasteiger partial charge in [-0.25, -0.2) is 0 Å². The minimum Gasteiger partial charge on any atom is -0.388 e. The van der Waals surface area contributed by atoms with Crippen LogP contribution >= 0.6 is 0 Å². The van der Waals surface area contributed by atoms with Gasteiger partial charge in [-0.05, 0) is 23.6 Å². The Labute approximate surface area is 82.9 Å². The molecule has 0 aliphatic heterocycles. The molecule has 0 fully saturated rings. The van der Waals surface area contributed by atoms with Crippen LogP contribution in [0.5, 0.6) is 0 Å². The van der Waals surface area contributed by atoms with E-state index in [4.69, 9.17) is 0 Å². The van der Waals surface area contributed by atoms with Gasteiger partial charge in [0, 0.05) is 6.42 Å². The van der Waals surface area contributed by atoms with Crippen molar-refractivity contribution in [3.63, 3.8) is 0 Å². The normalized spacial score (nSPS) is 21.9. The minimum absolute atomic E-state index is 0.0522.